The molecular weight excluding hydrogens is 192 g/mol. The van der Waals surface area contributed by atoms with Gasteiger partial charge in [0.25, 0.3) is 0 Å². The van der Waals surface area contributed by atoms with E-state index in [9.17, 15) is 0 Å². The van der Waals surface area contributed by atoms with Crippen molar-refractivity contribution in [2.24, 2.45) is 5.73 Å². The fourth-order valence-electron chi connectivity index (χ4n) is 1.09. The first-order chi connectivity index (χ1) is 7.15. The van der Waals surface area contributed by atoms with Gasteiger partial charge in [-0.2, -0.15) is 0 Å². The third-order valence-electron chi connectivity index (χ3n) is 2.05. The molecule has 1 aromatic carbocycles. The summed E-state index contributed by atoms with van der Waals surface area (Å²) in [5.74, 6) is 0.629. The Bertz CT molecular complexity index is 339. The highest BCUT2D eigenvalue weighted by Crippen LogP contribution is 2.17. The van der Waals surface area contributed by atoms with Crippen molar-refractivity contribution in [2.45, 2.75) is 13.0 Å². The molecule has 0 fully saturated rings. The Morgan fingerprint density at radius 3 is 2.73 bits per heavy atom. The molecule has 0 heterocycles. The van der Waals surface area contributed by atoms with E-state index in [1.54, 1.807) is 19.2 Å². The first-order valence-corrected chi connectivity index (χ1v) is 4.74. The van der Waals surface area contributed by atoms with Gasteiger partial charge in [0.2, 0.25) is 0 Å². The minimum Gasteiger partial charge on any atom is -0.490 e. The van der Waals surface area contributed by atoms with Crippen molar-refractivity contribution < 1.29 is 9.47 Å². The third kappa shape index (κ3) is 3.25. The lowest BCUT2D eigenvalue weighted by molar-refractivity contribution is 0.0716. The van der Waals surface area contributed by atoms with Gasteiger partial charge in [-0.15, -0.1) is 0 Å². The summed E-state index contributed by atoms with van der Waals surface area (Å²) in [6, 6.07) is 7.22. The molecule has 0 radical (unpaired) electrons. The highest BCUT2D eigenvalue weighted by atomic mass is 16.5. The fourth-order valence-corrected chi connectivity index (χ4v) is 1.09. The molecule has 0 aliphatic rings. The second-order valence-corrected chi connectivity index (χ2v) is 3.27. The van der Waals surface area contributed by atoms with Crippen LogP contribution in [0.3, 0.4) is 0 Å². The van der Waals surface area contributed by atoms with Crippen LogP contribution < -0.4 is 10.5 Å². The van der Waals surface area contributed by atoms with Gasteiger partial charge in [0, 0.05) is 7.11 Å². The van der Waals surface area contributed by atoms with Gasteiger partial charge < -0.3 is 15.2 Å². The van der Waals surface area contributed by atoms with E-state index in [2.05, 4.69) is 0 Å². The minimum absolute atomic E-state index is 0.00988. The van der Waals surface area contributed by atoms with Crippen molar-refractivity contribution >= 4 is 5.84 Å². The summed E-state index contributed by atoms with van der Waals surface area (Å²) in [7, 11) is 1.63. The maximum Gasteiger partial charge on any atom is 0.130 e. The zero-order valence-corrected chi connectivity index (χ0v) is 8.99. The van der Waals surface area contributed by atoms with Crippen LogP contribution in [0.25, 0.3) is 0 Å². The number of rotatable bonds is 5. The molecule has 0 saturated heterocycles. The topological polar surface area (TPSA) is 68.3 Å². The number of methoxy groups -OCH3 is 1. The van der Waals surface area contributed by atoms with E-state index in [4.69, 9.17) is 20.6 Å². The summed E-state index contributed by atoms with van der Waals surface area (Å²) in [5, 5.41) is 7.37. The highest BCUT2D eigenvalue weighted by molar-refractivity contribution is 5.97. The molecule has 15 heavy (non-hydrogen) atoms. The third-order valence-corrected chi connectivity index (χ3v) is 2.05. The standard InChI is InChI=1S/C11H16N2O2/c1-8(14-2)7-15-10-6-4-3-5-9(10)11(12)13/h3-6,8H,7H2,1-2H3,(H3,12,13). The van der Waals surface area contributed by atoms with E-state index in [1.165, 1.54) is 0 Å². The Labute approximate surface area is 89.5 Å². The lowest BCUT2D eigenvalue weighted by Crippen LogP contribution is -2.18. The van der Waals surface area contributed by atoms with Crippen LogP contribution in [0.1, 0.15) is 12.5 Å². The van der Waals surface area contributed by atoms with Crippen molar-refractivity contribution in [2.75, 3.05) is 13.7 Å². The molecule has 0 amide bonds. The second-order valence-electron chi connectivity index (χ2n) is 3.27. The molecule has 3 N–H and O–H groups in total. The van der Waals surface area contributed by atoms with E-state index in [-0.39, 0.29) is 11.9 Å². The molecule has 1 rings (SSSR count). The van der Waals surface area contributed by atoms with Crippen LogP contribution >= 0.6 is 0 Å². The zero-order valence-electron chi connectivity index (χ0n) is 8.99. The smallest absolute Gasteiger partial charge is 0.130 e. The number of para-hydroxylation sites is 1. The average molecular weight is 208 g/mol. The van der Waals surface area contributed by atoms with Crippen molar-refractivity contribution in [3.8, 4) is 5.75 Å². The Morgan fingerprint density at radius 1 is 1.47 bits per heavy atom. The SMILES string of the molecule is COC(C)COc1ccccc1C(=N)N. The quantitative estimate of drug-likeness (QED) is 0.567. The molecule has 1 unspecified atom stereocenters. The maximum absolute atomic E-state index is 7.37. The molecule has 0 bridgehead atoms. The highest BCUT2D eigenvalue weighted by Gasteiger charge is 2.07. The van der Waals surface area contributed by atoms with Gasteiger partial charge >= 0.3 is 0 Å². The summed E-state index contributed by atoms with van der Waals surface area (Å²) >= 11 is 0. The number of nitrogen functional groups attached to an aromatic ring is 1. The molecule has 0 saturated carbocycles. The number of hydrogen-bond acceptors (Lipinski definition) is 3. The van der Waals surface area contributed by atoms with Crippen LogP contribution in [-0.2, 0) is 4.74 Å². The monoisotopic (exact) mass is 208 g/mol. The van der Waals surface area contributed by atoms with Crippen LogP contribution in [0.5, 0.6) is 5.75 Å². The fraction of sp³-hybridized carbons (Fsp3) is 0.364. The summed E-state index contributed by atoms with van der Waals surface area (Å²) in [6.07, 6.45) is 0.0185. The van der Waals surface area contributed by atoms with Crippen molar-refractivity contribution in [3.63, 3.8) is 0 Å². The van der Waals surface area contributed by atoms with Gasteiger partial charge in [-0.3, -0.25) is 5.41 Å². The number of nitrogens with two attached hydrogens (primary N) is 1. The molecule has 0 aliphatic heterocycles. The number of ether oxygens (including phenoxy) is 2. The van der Waals surface area contributed by atoms with Gasteiger partial charge in [-0.1, -0.05) is 12.1 Å². The average Bonchev–Trinajstić information content (AvgIpc) is 2.26. The summed E-state index contributed by atoms with van der Waals surface area (Å²) in [4.78, 5) is 0. The predicted molar refractivity (Wildman–Crippen MR) is 59.4 cm³/mol. The zero-order chi connectivity index (χ0) is 11.3. The van der Waals surface area contributed by atoms with E-state index >= 15 is 0 Å². The molecular formula is C11H16N2O2. The van der Waals surface area contributed by atoms with E-state index < -0.39 is 0 Å². The lowest BCUT2D eigenvalue weighted by atomic mass is 10.2. The van der Waals surface area contributed by atoms with Gasteiger partial charge in [0.1, 0.15) is 18.2 Å². The maximum atomic E-state index is 7.37. The van der Waals surface area contributed by atoms with Gasteiger partial charge in [0.15, 0.2) is 0 Å². The molecule has 1 atom stereocenters. The number of benzene rings is 1. The summed E-state index contributed by atoms with van der Waals surface area (Å²) < 4.78 is 10.6. The van der Waals surface area contributed by atoms with Crippen LogP contribution in [0.4, 0.5) is 0 Å². The number of amidine groups is 1. The number of hydrogen-bond donors (Lipinski definition) is 2. The van der Waals surface area contributed by atoms with E-state index in [0.717, 1.165) is 0 Å². The molecule has 82 valence electrons. The lowest BCUT2D eigenvalue weighted by Gasteiger charge is -2.13. The Kier molecular flexibility index (Phi) is 4.12. The van der Waals surface area contributed by atoms with Gasteiger partial charge in [-0.05, 0) is 19.1 Å². The Hall–Kier alpha value is -1.55. The van der Waals surface area contributed by atoms with Gasteiger partial charge in [0.05, 0.1) is 11.7 Å². The van der Waals surface area contributed by atoms with Crippen molar-refractivity contribution in [1.82, 2.24) is 0 Å². The second kappa shape index (κ2) is 5.36. The van der Waals surface area contributed by atoms with Crippen LogP contribution in [0.15, 0.2) is 24.3 Å². The first-order valence-electron chi connectivity index (χ1n) is 4.74. The minimum atomic E-state index is 0.00988. The van der Waals surface area contributed by atoms with Gasteiger partial charge in [-0.25, -0.2) is 0 Å². The molecule has 4 nitrogen and oxygen atoms in total. The van der Waals surface area contributed by atoms with Crippen LogP contribution in [0, 0.1) is 5.41 Å². The first kappa shape index (κ1) is 11.5. The largest absolute Gasteiger partial charge is 0.490 e. The normalized spacial score (nSPS) is 12.1. The van der Waals surface area contributed by atoms with E-state index in [1.807, 2.05) is 19.1 Å². The van der Waals surface area contributed by atoms with Crippen molar-refractivity contribution in [1.29, 1.82) is 5.41 Å². The molecule has 0 aromatic heterocycles. The molecule has 0 spiro atoms. The van der Waals surface area contributed by atoms with E-state index in [0.29, 0.717) is 17.9 Å². The Balaban J connectivity index is 2.72. The molecule has 4 heteroatoms. The van der Waals surface area contributed by atoms with Crippen molar-refractivity contribution in [3.05, 3.63) is 29.8 Å². The van der Waals surface area contributed by atoms with Crippen LogP contribution in [-0.4, -0.2) is 25.7 Å². The Morgan fingerprint density at radius 2 is 2.13 bits per heavy atom. The molecule has 0 aliphatic carbocycles. The summed E-state index contributed by atoms with van der Waals surface area (Å²) in [6.45, 7) is 2.36. The van der Waals surface area contributed by atoms with Crippen LogP contribution in [0.2, 0.25) is 0 Å². The summed E-state index contributed by atoms with van der Waals surface area (Å²) in [5.41, 5.74) is 6.04. The predicted octanol–water partition coefficient (Wildman–Crippen LogP) is 1.38. The molecule has 1 aromatic rings. The number of nitrogens with one attached hydrogen (secondary N) is 1.